The third-order valence-electron chi connectivity index (χ3n) is 3.85. The van der Waals surface area contributed by atoms with Crippen molar-refractivity contribution in [3.05, 3.63) is 29.8 Å². The number of carbonyl (C=O) groups excluding carboxylic acids is 2. The molecule has 0 saturated carbocycles. The molecule has 1 amide bonds. The van der Waals surface area contributed by atoms with Gasteiger partial charge in [0.1, 0.15) is 0 Å². The Morgan fingerprint density at radius 3 is 2.50 bits per heavy atom. The number of amides is 1. The number of carbonyl (C=O) groups is 2. The van der Waals surface area contributed by atoms with Crippen molar-refractivity contribution in [2.75, 3.05) is 13.7 Å². The van der Waals surface area contributed by atoms with Crippen LogP contribution in [-0.4, -0.2) is 42.0 Å². The highest BCUT2D eigenvalue weighted by molar-refractivity contribution is 8.00. The number of halogens is 3. The van der Waals surface area contributed by atoms with Gasteiger partial charge in [0.25, 0.3) is 5.91 Å². The van der Waals surface area contributed by atoms with Gasteiger partial charge >= 0.3 is 11.5 Å². The SMILES string of the molecule is COC(=O)CC1CCCCN1C(=O)c1ccc(SC(F)(F)F)cc1. The normalized spacial score (nSPS) is 18.3. The van der Waals surface area contributed by atoms with Crippen LogP contribution < -0.4 is 0 Å². The van der Waals surface area contributed by atoms with Crippen LogP contribution in [0.3, 0.4) is 0 Å². The maximum Gasteiger partial charge on any atom is 0.446 e. The van der Waals surface area contributed by atoms with Crippen molar-refractivity contribution < 1.29 is 27.5 Å². The van der Waals surface area contributed by atoms with Gasteiger partial charge in [-0.15, -0.1) is 0 Å². The maximum absolute atomic E-state index is 12.6. The summed E-state index contributed by atoms with van der Waals surface area (Å²) in [4.78, 5) is 25.8. The number of ether oxygens (including phenoxy) is 1. The molecule has 0 radical (unpaired) electrons. The van der Waals surface area contributed by atoms with Crippen molar-refractivity contribution in [1.29, 1.82) is 0 Å². The molecule has 1 aliphatic heterocycles. The molecule has 1 heterocycles. The number of piperidine rings is 1. The molecule has 132 valence electrons. The Morgan fingerprint density at radius 2 is 1.92 bits per heavy atom. The van der Waals surface area contributed by atoms with Crippen LogP contribution in [0, 0.1) is 0 Å². The number of esters is 1. The van der Waals surface area contributed by atoms with Crippen LogP contribution in [0.1, 0.15) is 36.0 Å². The lowest BCUT2D eigenvalue weighted by molar-refractivity contribution is -0.142. The van der Waals surface area contributed by atoms with Crippen molar-refractivity contribution in [2.45, 2.75) is 42.1 Å². The lowest BCUT2D eigenvalue weighted by Gasteiger charge is -2.35. The van der Waals surface area contributed by atoms with E-state index in [1.54, 1.807) is 4.90 Å². The summed E-state index contributed by atoms with van der Waals surface area (Å²) in [5.41, 5.74) is -4.04. The van der Waals surface area contributed by atoms with Crippen molar-refractivity contribution in [3.8, 4) is 0 Å². The third kappa shape index (κ3) is 5.15. The van der Waals surface area contributed by atoms with Gasteiger partial charge in [-0.05, 0) is 55.3 Å². The largest absolute Gasteiger partial charge is 0.469 e. The molecule has 1 aliphatic rings. The lowest BCUT2D eigenvalue weighted by Crippen LogP contribution is -2.44. The number of likely N-dealkylation sites (tertiary alicyclic amines) is 1. The van der Waals surface area contributed by atoms with Gasteiger partial charge in [-0.3, -0.25) is 9.59 Å². The number of hydrogen-bond donors (Lipinski definition) is 0. The second-order valence-corrected chi connectivity index (χ2v) is 6.64. The first-order valence-corrected chi connectivity index (χ1v) is 8.35. The van der Waals surface area contributed by atoms with Crippen LogP contribution in [0.15, 0.2) is 29.2 Å². The molecule has 0 bridgehead atoms. The molecule has 1 saturated heterocycles. The second-order valence-electron chi connectivity index (χ2n) is 5.50. The molecular weight excluding hydrogens is 343 g/mol. The van der Waals surface area contributed by atoms with Gasteiger partial charge < -0.3 is 9.64 Å². The van der Waals surface area contributed by atoms with E-state index in [0.717, 1.165) is 12.8 Å². The molecule has 1 atom stereocenters. The van der Waals surface area contributed by atoms with Gasteiger partial charge in [0.15, 0.2) is 0 Å². The summed E-state index contributed by atoms with van der Waals surface area (Å²) in [5.74, 6) is -0.649. The molecule has 8 heteroatoms. The number of benzene rings is 1. The first kappa shape index (κ1) is 18.6. The highest BCUT2D eigenvalue weighted by Crippen LogP contribution is 2.36. The van der Waals surface area contributed by atoms with Crippen molar-refractivity contribution in [2.24, 2.45) is 0 Å². The Balaban J connectivity index is 2.09. The number of nitrogens with zero attached hydrogens (tertiary/aromatic N) is 1. The number of thioether (sulfide) groups is 1. The number of alkyl halides is 3. The molecule has 1 aromatic carbocycles. The van der Waals surface area contributed by atoms with Crippen molar-refractivity contribution >= 4 is 23.6 Å². The van der Waals surface area contributed by atoms with Gasteiger partial charge in [-0.2, -0.15) is 13.2 Å². The van der Waals surface area contributed by atoms with Crippen molar-refractivity contribution in [1.82, 2.24) is 4.90 Å². The van der Waals surface area contributed by atoms with E-state index in [4.69, 9.17) is 0 Å². The first-order chi connectivity index (χ1) is 11.3. The Labute approximate surface area is 142 Å². The second kappa shape index (κ2) is 7.92. The van der Waals surface area contributed by atoms with E-state index in [2.05, 4.69) is 4.74 Å². The number of rotatable bonds is 4. The first-order valence-electron chi connectivity index (χ1n) is 7.54. The Morgan fingerprint density at radius 1 is 1.25 bits per heavy atom. The zero-order valence-electron chi connectivity index (χ0n) is 13.1. The summed E-state index contributed by atoms with van der Waals surface area (Å²) in [6, 6.07) is 5.11. The van der Waals surface area contributed by atoms with Gasteiger partial charge in [-0.1, -0.05) is 0 Å². The molecule has 1 aromatic rings. The minimum atomic E-state index is -4.36. The maximum atomic E-state index is 12.6. The summed E-state index contributed by atoms with van der Waals surface area (Å²) in [5, 5.41) is 0. The third-order valence-corrected chi connectivity index (χ3v) is 4.59. The van der Waals surface area contributed by atoms with E-state index in [1.165, 1.54) is 31.4 Å². The minimum Gasteiger partial charge on any atom is -0.469 e. The lowest BCUT2D eigenvalue weighted by atomic mass is 9.98. The summed E-state index contributed by atoms with van der Waals surface area (Å²) in [6.07, 6.45) is 2.60. The van der Waals surface area contributed by atoms with Crippen LogP contribution in [0.5, 0.6) is 0 Å². The van der Waals surface area contributed by atoms with Gasteiger partial charge in [-0.25, -0.2) is 0 Å². The van der Waals surface area contributed by atoms with Gasteiger partial charge in [0.2, 0.25) is 0 Å². The number of hydrogen-bond acceptors (Lipinski definition) is 4. The quantitative estimate of drug-likeness (QED) is 0.604. The van der Waals surface area contributed by atoms with E-state index in [-0.39, 0.29) is 41.0 Å². The molecule has 0 N–H and O–H groups in total. The summed E-state index contributed by atoms with van der Waals surface area (Å²) < 4.78 is 41.7. The van der Waals surface area contributed by atoms with Crippen LogP contribution in [0.4, 0.5) is 13.2 Å². The Kier molecular flexibility index (Phi) is 6.15. The van der Waals surface area contributed by atoms with Crippen LogP contribution in [-0.2, 0) is 9.53 Å². The molecule has 1 unspecified atom stereocenters. The standard InChI is InChI=1S/C16H18F3NO3S/c1-23-14(21)10-12-4-2-3-9-20(12)15(22)11-5-7-13(8-6-11)24-16(17,18)19/h5-8,12H,2-4,9-10H2,1H3. The van der Waals surface area contributed by atoms with E-state index in [0.29, 0.717) is 18.5 Å². The van der Waals surface area contributed by atoms with E-state index in [9.17, 15) is 22.8 Å². The highest BCUT2D eigenvalue weighted by Gasteiger charge is 2.31. The molecule has 1 fully saturated rings. The average molecular weight is 361 g/mol. The fourth-order valence-electron chi connectivity index (χ4n) is 2.72. The monoisotopic (exact) mass is 361 g/mol. The van der Waals surface area contributed by atoms with Gasteiger partial charge in [0, 0.05) is 23.0 Å². The fraction of sp³-hybridized carbons (Fsp3) is 0.500. The smallest absolute Gasteiger partial charge is 0.446 e. The Bertz CT molecular complexity index is 589. The van der Waals surface area contributed by atoms with E-state index in [1.807, 2.05) is 0 Å². The molecule has 2 rings (SSSR count). The molecule has 0 aliphatic carbocycles. The molecular formula is C16H18F3NO3S. The van der Waals surface area contributed by atoms with Crippen LogP contribution >= 0.6 is 11.8 Å². The number of methoxy groups -OCH3 is 1. The van der Waals surface area contributed by atoms with E-state index >= 15 is 0 Å². The van der Waals surface area contributed by atoms with Gasteiger partial charge in [0.05, 0.1) is 13.5 Å². The predicted molar refractivity (Wildman–Crippen MR) is 83.7 cm³/mol. The van der Waals surface area contributed by atoms with Crippen LogP contribution in [0.25, 0.3) is 0 Å². The van der Waals surface area contributed by atoms with E-state index < -0.39 is 5.51 Å². The highest BCUT2D eigenvalue weighted by atomic mass is 32.2. The summed E-state index contributed by atoms with van der Waals surface area (Å²) in [6.45, 7) is 0.527. The molecule has 24 heavy (non-hydrogen) atoms. The zero-order chi connectivity index (χ0) is 17.7. The fourth-order valence-corrected chi connectivity index (χ4v) is 3.26. The average Bonchev–Trinajstić information content (AvgIpc) is 2.54. The summed E-state index contributed by atoms with van der Waals surface area (Å²) in [7, 11) is 1.30. The molecule has 4 nitrogen and oxygen atoms in total. The Hall–Kier alpha value is -1.70. The zero-order valence-corrected chi connectivity index (χ0v) is 14.0. The van der Waals surface area contributed by atoms with Crippen molar-refractivity contribution in [3.63, 3.8) is 0 Å². The molecule has 0 aromatic heterocycles. The summed E-state index contributed by atoms with van der Waals surface area (Å²) >= 11 is -0.217. The topological polar surface area (TPSA) is 46.6 Å². The predicted octanol–water partition coefficient (Wildman–Crippen LogP) is 3.86. The minimum absolute atomic E-state index is 0.0313. The van der Waals surface area contributed by atoms with Crippen LogP contribution in [0.2, 0.25) is 0 Å². The molecule has 0 spiro atoms.